The number of carbonyl (C=O) groups excluding carboxylic acids is 1. The molecule has 1 N–H and O–H groups in total. The zero-order valence-corrected chi connectivity index (χ0v) is 20.6. The first-order chi connectivity index (χ1) is 16.9. The van der Waals surface area contributed by atoms with Crippen molar-refractivity contribution in [1.82, 2.24) is 19.8 Å². The monoisotopic (exact) mass is 498 g/mol. The number of amides is 1. The largest absolute Gasteiger partial charge is 0.340 e. The quantitative estimate of drug-likeness (QED) is 0.395. The van der Waals surface area contributed by atoms with E-state index in [1.165, 1.54) is 36.0 Å². The van der Waals surface area contributed by atoms with Gasteiger partial charge < -0.3 is 9.88 Å². The van der Waals surface area contributed by atoms with Crippen molar-refractivity contribution in [3.8, 4) is 0 Å². The molecule has 3 aromatic rings. The standard InChI is InChI=1S/C26H28F2N4O2S/c1-17-22(25(34)30-26(29-17)35-2)11-12-23(33)31-13-15-32(16-14-31)24(18-3-7-20(27)8-4-18)19-5-9-21(28)10-6-19/h3-10,24H,11-16H2,1-2H3,(H,29,30,34). The molecule has 1 fully saturated rings. The lowest BCUT2D eigenvalue weighted by atomic mass is 9.96. The summed E-state index contributed by atoms with van der Waals surface area (Å²) < 4.78 is 27.1. The highest BCUT2D eigenvalue weighted by Gasteiger charge is 2.28. The number of H-pyrrole nitrogens is 1. The second kappa shape index (κ2) is 11.1. The maximum absolute atomic E-state index is 13.5. The van der Waals surface area contributed by atoms with Crippen LogP contribution in [0.4, 0.5) is 8.78 Å². The van der Waals surface area contributed by atoms with Crippen LogP contribution in [0, 0.1) is 18.6 Å². The van der Waals surface area contributed by atoms with Crippen LogP contribution >= 0.6 is 11.8 Å². The van der Waals surface area contributed by atoms with Crippen LogP contribution in [0.25, 0.3) is 0 Å². The van der Waals surface area contributed by atoms with Gasteiger partial charge in [0.15, 0.2) is 5.16 Å². The number of aromatic nitrogens is 2. The van der Waals surface area contributed by atoms with Gasteiger partial charge in [-0.1, -0.05) is 36.0 Å². The van der Waals surface area contributed by atoms with Crippen LogP contribution in [-0.4, -0.2) is 58.1 Å². The maximum atomic E-state index is 13.5. The molecule has 9 heteroatoms. The van der Waals surface area contributed by atoms with Crippen molar-refractivity contribution in [3.05, 3.63) is 92.9 Å². The molecule has 1 aromatic heterocycles. The summed E-state index contributed by atoms with van der Waals surface area (Å²) in [5, 5.41) is 0.565. The van der Waals surface area contributed by atoms with Crippen molar-refractivity contribution in [2.75, 3.05) is 32.4 Å². The van der Waals surface area contributed by atoms with Gasteiger partial charge in [0.2, 0.25) is 5.91 Å². The van der Waals surface area contributed by atoms with E-state index >= 15 is 0 Å². The summed E-state index contributed by atoms with van der Waals surface area (Å²) in [7, 11) is 0. The number of thioether (sulfide) groups is 1. The number of aryl methyl sites for hydroxylation is 1. The van der Waals surface area contributed by atoms with Crippen molar-refractivity contribution < 1.29 is 13.6 Å². The summed E-state index contributed by atoms with van der Waals surface area (Å²) in [6, 6.07) is 12.5. The molecule has 4 rings (SSSR count). The van der Waals surface area contributed by atoms with E-state index in [0.29, 0.717) is 49.0 Å². The first-order valence-electron chi connectivity index (χ1n) is 11.5. The third kappa shape index (κ3) is 5.97. The van der Waals surface area contributed by atoms with Crippen molar-refractivity contribution >= 4 is 17.7 Å². The second-order valence-electron chi connectivity index (χ2n) is 8.56. The lowest BCUT2D eigenvalue weighted by Crippen LogP contribution is -2.50. The minimum absolute atomic E-state index is 0.00231. The van der Waals surface area contributed by atoms with Gasteiger partial charge in [0.05, 0.1) is 6.04 Å². The SMILES string of the molecule is CSc1nc(C)c(CCC(=O)N2CCN(C(c3ccc(F)cc3)c3ccc(F)cc3)CC2)c(=O)[nH]1. The van der Waals surface area contributed by atoms with Crippen LogP contribution in [0.3, 0.4) is 0 Å². The maximum Gasteiger partial charge on any atom is 0.254 e. The Bertz CT molecular complexity index is 1180. The Morgan fingerprint density at radius 2 is 1.54 bits per heavy atom. The zero-order valence-electron chi connectivity index (χ0n) is 19.8. The molecule has 35 heavy (non-hydrogen) atoms. The summed E-state index contributed by atoms with van der Waals surface area (Å²) in [6.45, 7) is 4.11. The van der Waals surface area contributed by atoms with Crippen molar-refractivity contribution in [2.45, 2.75) is 31.0 Å². The van der Waals surface area contributed by atoms with Gasteiger partial charge in [-0.15, -0.1) is 0 Å². The first kappa shape index (κ1) is 25.1. The Morgan fingerprint density at radius 3 is 2.03 bits per heavy atom. The van der Waals surface area contributed by atoms with Crippen molar-refractivity contribution in [3.63, 3.8) is 0 Å². The molecule has 0 spiro atoms. The number of hydrogen-bond donors (Lipinski definition) is 1. The second-order valence-corrected chi connectivity index (χ2v) is 9.36. The molecule has 1 aliphatic heterocycles. The molecule has 6 nitrogen and oxygen atoms in total. The van der Waals surface area contributed by atoms with E-state index in [-0.39, 0.29) is 35.6 Å². The summed E-state index contributed by atoms with van der Waals surface area (Å²) in [4.78, 5) is 36.4. The average Bonchev–Trinajstić information content (AvgIpc) is 2.86. The van der Waals surface area contributed by atoms with Gasteiger partial charge in [0.25, 0.3) is 5.56 Å². The molecule has 2 aromatic carbocycles. The van der Waals surface area contributed by atoms with E-state index in [0.717, 1.165) is 11.1 Å². The number of rotatable bonds is 7. The van der Waals surface area contributed by atoms with E-state index in [9.17, 15) is 18.4 Å². The van der Waals surface area contributed by atoms with Gasteiger partial charge in [-0.25, -0.2) is 13.8 Å². The predicted octanol–water partition coefficient (Wildman–Crippen LogP) is 3.94. The van der Waals surface area contributed by atoms with Crippen molar-refractivity contribution in [2.24, 2.45) is 0 Å². The fraction of sp³-hybridized carbons (Fsp3) is 0.346. The number of aromatic amines is 1. The van der Waals surface area contributed by atoms with Gasteiger partial charge in [-0.05, 0) is 55.0 Å². The zero-order chi connectivity index (χ0) is 24.9. The molecule has 0 unspecified atom stereocenters. The Balaban J connectivity index is 1.42. The van der Waals surface area contributed by atoms with E-state index in [2.05, 4.69) is 14.9 Å². The summed E-state index contributed by atoms with van der Waals surface area (Å²) in [5.74, 6) is -0.624. The Labute approximate surface area is 207 Å². The molecular formula is C26H28F2N4O2S. The van der Waals surface area contributed by atoms with E-state index in [1.807, 2.05) is 11.2 Å². The molecule has 0 bridgehead atoms. The average molecular weight is 499 g/mol. The highest BCUT2D eigenvalue weighted by Crippen LogP contribution is 2.30. The molecule has 2 heterocycles. The van der Waals surface area contributed by atoms with E-state index in [4.69, 9.17) is 0 Å². The molecule has 0 radical (unpaired) electrons. The molecule has 0 aliphatic carbocycles. The van der Waals surface area contributed by atoms with E-state index < -0.39 is 0 Å². The fourth-order valence-corrected chi connectivity index (χ4v) is 4.92. The molecule has 0 atom stereocenters. The first-order valence-corrected chi connectivity index (χ1v) is 12.7. The fourth-order valence-electron chi connectivity index (χ4n) is 4.50. The minimum Gasteiger partial charge on any atom is -0.340 e. The molecular weight excluding hydrogens is 470 g/mol. The van der Waals surface area contributed by atoms with Crippen molar-refractivity contribution in [1.29, 1.82) is 0 Å². The lowest BCUT2D eigenvalue weighted by molar-refractivity contribution is -0.133. The molecule has 0 saturated carbocycles. The highest BCUT2D eigenvalue weighted by atomic mass is 32.2. The Morgan fingerprint density at radius 1 is 1.00 bits per heavy atom. The summed E-state index contributed by atoms with van der Waals surface area (Å²) in [6.07, 6.45) is 2.43. The Hall–Kier alpha value is -3.04. The van der Waals surface area contributed by atoms with Gasteiger partial charge >= 0.3 is 0 Å². The number of nitrogens with one attached hydrogen (secondary N) is 1. The summed E-state index contributed by atoms with van der Waals surface area (Å²) >= 11 is 1.37. The van der Waals surface area contributed by atoms with Crippen LogP contribution in [0.2, 0.25) is 0 Å². The topological polar surface area (TPSA) is 69.3 Å². The van der Waals surface area contributed by atoms with Gasteiger partial charge in [0.1, 0.15) is 11.6 Å². The number of benzene rings is 2. The van der Waals surface area contributed by atoms with Crippen LogP contribution < -0.4 is 5.56 Å². The third-order valence-corrected chi connectivity index (χ3v) is 6.97. The molecule has 184 valence electrons. The smallest absolute Gasteiger partial charge is 0.254 e. The Kier molecular flexibility index (Phi) is 7.97. The van der Waals surface area contributed by atoms with Crippen LogP contribution in [0.15, 0.2) is 58.5 Å². The minimum atomic E-state index is -0.311. The number of carbonyl (C=O) groups is 1. The highest BCUT2D eigenvalue weighted by molar-refractivity contribution is 7.98. The predicted molar refractivity (Wildman–Crippen MR) is 132 cm³/mol. The van der Waals surface area contributed by atoms with Gasteiger partial charge in [-0.3, -0.25) is 14.5 Å². The van der Waals surface area contributed by atoms with E-state index in [1.54, 1.807) is 31.2 Å². The number of piperazine rings is 1. The molecule has 1 saturated heterocycles. The summed E-state index contributed by atoms with van der Waals surface area (Å²) in [5.41, 5.74) is 2.82. The number of nitrogens with zero attached hydrogens (tertiary/aromatic N) is 3. The number of hydrogen-bond acceptors (Lipinski definition) is 5. The van der Waals surface area contributed by atoms with Crippen LogP contribution in [0.1, 0.15) is 34.8 Å². The lowest BCUT2D eigenvalue weighted by Gasteiger charge is -2.40. The van der Waals surface area contributed by atoms with Crippen LogP contribution in [-0.2, 0) is 11.2 Å². The van der Waals surface area contributed by atoms with Gasteiger partial charge in [-0.2, -0.15) is 0 Å². The van der Waals surface area contributed by atoms with Gasteiger partial charge in [0, 0.05) is 43.9 Å². The molecule has 1 aliphatic rings. The third-order valence-electron chi connectivity index (χ3n) is 6.39. The van der Waals surface area contributed by atoms with Crippen LogP contribution in [0.5, 0.6) is 0 Å². The molecule has 1 amide bonds. The normalized spacial score (nSPS) is 14.5. The number of halogens is 2.